The summed E-state index contributed by atoms with van der Waals surface area (Å²) < 4.78 is 28.4. The van der Waals surface area contributed by atoms with Crippen molar-refractivity contribution >= 4 is 32.5 Å². The normalized spacial score (nSPS) is 28.5. The number of ether oxygens (including phenoxy) is 1. The second kappa shape index (κ2) is 4.42. The van der Waals surface area contributed by atoms with Crippen LogP contribution >= 0.6 is 11.8 Å². The minimum absolute atomic E-state index is 0.0580. The molecule has 0 unspecified atom stereocenters. The number of rotatable bonds is 2. The van der Waals surface area contributed by atoms with Gasteiger partial charge in [0.15, 0.2) is 9.84 Å². The molecule has 0 aromatic heterocycles. The largest absolute Gasteiger partial charge is 0.497 e. The maximum absolute atomic E-state index is 12.0. The van der Waals surface area contributed by atoms with Crippen LogP contribution in [0.4, 0.5) is 10.5 Å². The zero-order valence-electron chi connectivity index (χ0n) is 10.3. The first-order chi connectivity index (χ1) is 9.00. The Hall–Kier alpha value is -1.21. The molecule has 1 aromatic carbocycles. The van der Waals surface area contributed by atoms with E-state index in [1.165, 1.54) is 0 Å². The van der Waals surface area contributed by atoms with Crippen molar-refractivity contribution in [3.05, 3.63) is 24.3 Å². The number of benzene rings is 1. The highest BCUT2D eigenvalue weighted by Crippen LogP contribution is 2.40. The molecule has 2 aliphatic heterocycles. The molecule has 2 atom stereocenters. The molecule has 2 heterocycles. The van der Waals surface area contributed by atoms with Gasteiger partial charge in [0, 0.05) is 5.69 Å². The lowest BCUT2D eigenvalue weighted by molar-refractivity contribution is 0.265. The minimum atomic E-state index is -3.02. The summed E-state index contributed by atoms with van der Waals surface area (Å²) in [6.07, 6.45) is 0. The molecule has 7 heteroatoms. The predicted molar refractivity (Wildman–Crippen MR) is 74.7 cm³/mol. The summed E-state index contributed by atoms with van der Waals surface area (Å²) in [4.78, 5) is 13.6. The van der Waals surface area contributed by atoms with Crippen LogP contribution in [0, 0.1) is 0 Å². The van der Waals surface area contributed by atoms with Gasteiger partial charge in [-0.15, -0.1) is 0 Å². The predicted octanol–water partition coefficient (Wildman–Crippen LogP) is 1.53. The Morgan fingerprint density at radius 1 is 1.26 bits per heavy atom. The number of methoxy groups -OCH3 is 1. The van der Waals surface area contributed by atoms with Gasteiger partial charge in [0.25, 0.3) is 5.24 Å². The van der Waals surface area contributed by atoms with E-state index < -0.39 is 9.84 Å². The first-order valence-corrected chi connectivity index (χ1v) is 8.54. The van der Waals surface area contributed by atoms with Crippen molar-refractivity contribution in [1.29, 1.82) is 0 Å². The van der Waals surface area contributed by atoms with E-state index >= 15 is 0 Å². The molecule has 0 aliphatic carbocycles. The molecule has 0 radical (unpaired) electrons. The van der Waals surface area contributed by atoms with Gasteiger partial charge < -0.3 is 4.74 Å². The van der Waals surface area contributed by atoms with Crippen LogP contribution in [0.25, 0.3) is 0 Å². The number of carbonyl (C=O) groups excluding carboxylic acids is 1. The zero-order valence-corrected chi connectivity index (χ0v) is 11.9. The van der Waals surface area contributed by atoms with E-state index in [9.17, 15) is 13.2 Å². The number of hydrogen-bond donors (Lipinski definition) is 0. The van der Waals surface area contributed by atoms with Gasteiger partial charge in [0.1, 0.15) is 5.75 Å². The molecule has 3 rings (SSSR count). The third kappa shape index (κ3) is 2.21. The summed E-state index contributed by atoms with van der Waals surface area (Å²) in [6.45, 7) is 0. The molecule has 19 heavy (non-hydrogen) atoms. The summed E-state index contributed by atoms with van der Waals surface area (Å²) in [5.74, 6) is 0.863. The summed E-state index contributed by atoms with van der Waals surface area (Å²) in [6, 6.07) is 6.86. The van der Waals surface area contributed by atoms with Crippen molar-refractivity contribution in [1.82, 2.24) is 0 Å². The molecule has 102 valence electrons. The number of carbonyl (C=O) groups is 1. The van der Waals surface area contributed by atoms with Gasteiger partial charge in [0.05, 0.1) is 29.9 Å². The summed E-state index contributed by atoms with van der Waals surface area (Å²) in [7, 11) is -1.45. The average molecular weight is 299 g/mol. The average Bonchev–Trinajstić information content (AvgIpc) is 2.79. The van der Waals surface area contributed by atoms with Crippen LogP contribution < -0.4 is 9.64 Å². The quantitative estimate of drug-likeness (QED) is 0.829. The van der Waals surface area contributed by atoms with Crippen molar-refractivity contribution in [2.24, 2.45) is 0 Å². The smallest absolute Gasteiger partial charge is 0.286 e. The third-order valence-electron chi connectivity index (χ3n) is 3.40. The number of nitrogens with zero attached hydrogens (tertiary/aromatic N) is 1. The molecule has 2 saturated heterocycles. The van der Waals surface area contributed by atoms with Gasteiger partial charge in [-0.25, -0.2) is 8.42 Å². The Morgan fingerprint density at radius 3 is 2.58 bits per heavy atom. The Kier molecular flexibility index (Phi) is 2.98. The number of fused-ring (bicyclic) bond motifs is 1. The van der Waals surface area contributed by atoms with Gasteiger partial charge in [-0.1, -0.05) is 11.8 Å². The number of thioether (sulfide) groups is 1. The Labute approximate surface area is 115 Å². The molecule has 0 N–H and O–H groups in total. The highest BCUT2D eigenvalue weighted by Gasteiger charge is 2.50. The van der Waals surface area contributed by atoms with Crippen molar-refractivity contribution in [2.45, 2.75) is 11.3 Å². The number of hydrogen-bond acceptors (Lipinski definition) is 5. The number of sulfone groups is 1. The summed E-state index contributed by atoms with van der Waals surface area (Å²) in [5, 5.41) is -0.213. The van der Waals surface area contributed by atoms with E-state index in [1.807, 2.05) is 0 Å². The summed E-state index contributed by atoms with van der Waals surface area (Å²) in [5.41, 5.74) is 0.725. The maximum atomic E-state index is 12.0. The van der Waals surface area contributed by atoms with Crippen LogP contribution in [0.15, 0.2) is 24.3 Å². The lowest BCUT2D eigenvalue weighted by Gasteiger charge is -2.22. The highest BCUT2D eigenvalue weighted by atomic mass is 32.2. The monoisotopic (exact) mass is 299 g/mol. The topological polar surface area (TPSA) is 63.7 Å². The Balaban J connectivity index is 1.92. The molecular weight excluding hydrogens is 286 g/mol. The molecule has 0 saturated carbocycles. The van der Waals surface area contributed by atoms with E-state index in [0.717, 1.165) is 17.4 Å². The molecule has 0 spiro atoms. The fourth-order valence-corrected chi connectivity index (χ4v) is 6.28. The van der Waals surface area contributed by atoms with Crippen LogP contribution in [0.1, 0.15) is 0 Å². The lowest BCUT2D eigenvalue weighted by atomic mass is 10.2. The first kappa shape index (κ1) is 12.8. The summed E-state index contributed by atoms with van der Waals surface area (Å²) >= 11 is 1.13. The van der Waals surface area contributed by atoms with Crippen LogP contribution in [0.5, 0.6) is 5.75 Å². The maximum Gasteiger partial charge on any atom is 0.286 e. The van der Waals surface area contributed by atoms with E-state index in [0.29, 0.717) is 5.75 Å². The first-order valence-electron chi connectivity index (χ1n) is 5.84. The van der Waals surface area contributed by atoms with E-state index in [4.69, 9.17) is 4.74 Å². The van der Waals surface area contributed by atoms with Gasteiger partial charge in [0.2, 0.25) is 0 Å². The third-order valence-corrected chi connectivity index (χ3v) is 6.51. The Morgan fingerprint density at radius 2 is 1.95 bits per heavy atom. The number of anilines is 1. The molecule has 1 amide bonds. The van der Waals surface area contributed by atoms with E-state index in [2.05, 4.69) is 0 Å². The standard InChI is InChI=1S/C12H13NO4S2/c1-17-9-4-2-8(3-5-9)13-10-6-19(15,16)7-11(10)18-12(13)14/h2-5,10-11H,6-7H2,1H3/t10-,11+/m1/s1. The van der Waals surface area contributed by atoms with Gasteiger partial charge in [-0.05, 0) is 24.3 Å². The fourth-order valence-electron chi connectivity index (χ4n) is 2.51. The molecule has 5 nitrogen and oxygen atoms in total. The SMILES string of the molecule is COc1ccc(N2C(=O)S[C@H]3CS(=O)(=O)C[C@H]32)cc1. The second-order valence-corrected chi connectivity index (χ2v) is 7.98. The van der Waals surface area contributed by atoms with Crippen LogP contribution in [0.3, 0.4) is 0 Å². The lowest BCUT2D eigenvalue weighted by Crippen LogP contribution is -2.36. The highest BCUT2D eigenvalue weighted by molar-refractivity contribution is 8.15. The molecule has 2 aliphatic rings. The fraction of sp³-hybridized carbons (Fsp3) is 0.417. The molecule has 0 bridgehead atoms. The second-order valence-electron chi connectivity index (χ2n) is 4.63. The van der Waals surface area contributed by atoms with Crippen molar-refractivity contribution in [3.8, 4) is 5.75 Å². The zero-order chi connectivity index (χ0) is 13.6. The van der Waals surface area contributed by atoms with Crippen molar-refractivity contribution in [2.75, 3.05) is 23.5 Å². The molecule has 1 aromatic rings. The van der Waals surface area contributed by atoms with Gasteiger partial charge in [-0.2, -0.15) is 0 Å². The van der Waals surface area contributed by atoms with E-state index in [1.54, 1.807) is 36.3 Å². The Bertz CT molecular complexity index is 611. The van der Waals surface area contributed by atoms with Crippen LogP contribution in [-0.4, -0.2) is 43.6 Å². The van der Waals surface area contributed by atoms with Crippen molar-refractivity contribution in [3.63, 3.8) is 0 Å². The number of amides is 1. The van der Waals surface area contributed by atoms with Crippen LogP contribution in [0.2, 0.25) is 0 Å². The van der Waals surface area contributed by atoms with Crippen LogP contribution in [-0.2, 0) is 9.84 Å². The molecule has 2 fully saturated rings. The van der Waals surface area contributed by atoms with Gasteiger partial charge >= 0.3 is 0 Å². The van der Waals surface area contributed by atoms with Gasteiger partial charge in [-0.3, -0.25) is 9.69 Å². The van der Waals surface area contributed by atoms with E-state index in [-0.39, 0.29) is 28.0 Å². The van der Waals surface area contributed by atoms with Crippen molar-refractivity contribution < 1.29 is 17.9 Å². The molecular formula is C12H13NO4S2. The minimum Gasteiger partial charge on any atom is -0.497 e.